The average molecular weight is 390 g/mol. The number of halogens is 2. The van der Waals surface area contributed by atoms with Crippen LogP contribution in [-0.4, -0.2) is 28.1 Å². The summed E-state index contributed by atoms with van der Waals surface area (Å²) >= 11 is 4.51. The molecule has 1 atom stereocenters. The molecule has 2 N–H and O–H groups in total. The summed E-state index contributed by atoms with van der Waals surface area (Å²) < 4.78 is 28.1. The van der Waals surface area contributed by atoms with Gasteiger partial charge in [0.05, 0.1) is 3.79 Å². The number of rotatable bonds is 4. The Balaban J connectivity index is 0.00000180. The zero-order valence-corrected chi connectivity index (χ0v) is 14.6. The first-order valence-electron chi connectivity index (χ1n) is 5.87. The van der Waals surface area contributed by atoms with Crippen molar-refractivity contribution in [3.63, 3.8) is 0 Å². The van der Waals surface area contributed by atoms with Crippen LogP contribution in [0.5, 0.6) is 0 Å². The van der Waals surface area contributed by atoms with E-state index in [9.17, 15) is 8.42 Å². The molecule has 2 heterocycles. The zero-order valence-electron chi connectivity index (χ0n) is 10.6. The number of hydrogen-bond acceptors (Lipinski definition) is 4. The minimum Gasteiger partial charge on any atom is -0.316 e. The Kier molecular flexibility index (Phi) is 6.28. The van der Waals surface area contributed by atoms with Gasteiger partial charge in [0.1, 0.15) is 4.21 Å². The Morgan fingerprint density at radius 3 is 2.79 bits per heavy atom. The number of sulfonamides is 1. The van der Waals surface area contributed by atoms with Crippen LogP contribution in [-0.2, 0) is 10.0 Å². The molecule has 1 aliphatic rings. The fraction of sp³-hybridized carbons (Fsp3) is 0.636. The van der Waals surface area contributed by atoms with Crippen molar-refractivity contribution in [2.75, 3.05) is 19.6 Å². The number of nitrogens with one attached hydrogen (secondary N) is 2. The van der Waals surface area contributed by atoms with Crippen LogP contribution in [0.25, 0.3) is 0 Å². The molecule has 0 radical (unpaired) electrons. The van der Waals surface area contributed by atoms with Crippen LogP contribution in [0.4, 0.5) is 0 Å². The van der Waals surface area contributed by atoms with Gasteiger partial charge in [0.15, 0.2) is 0 Å². The summed E-state index contributed by atoms with van der Waals surface area (Å²) in [6, 6.07) is 3.38. The fourth-order valence-corrected chi connectivity index (χ4v) is 5.31. The molecule has 0 spiro atoms. The molecule has 0 aliphatic carbocycles. The predicted molar refractivity (Wildman–Crippen MR) is 84.7 cm³/mol. The van der Waals surface area contributed by atoms with Crippen molar-refractivity contribution in [1.29, 1.82) is 0 Å². The SMILES string of the molecule is CC1(CNS(=O)(=O)c2ccc(Br)s2)CCCNC1.Cl. The highest BCUT2D eigenvalue weighted by Crippen LogP contribution is 2.28. The second kappa shape index (κ2) is 6.87. The summed E-state index contributed by atoms with van der Waals surface area (Å²) in [5.74, 6) is 0. The third kappa shape index (κ3) is 4.68. The summed E-state index contributed by atoms with van der Waals surface area (Å²) in [5, 5.41) is 3.32. The standard InChI is InChI=1S/C11H17BrN2O2S2.ClH/c1-11(5-2-6-13-7-11)8-14-18(15,16)10-4-3-9(12)17-10;/h3-4,13-14H,2,5-8H2,1H3;1H. The normalized spacial score (nSPS) is 23.9. The number of piperidine rings is 1. The lowest BCUT2D eigenvalue weighted by molar-refractivity contribution is 0.238. The lowest BCUT2D eigenvalue weighted by atomic mass is 9.83. The van der Waals surface area contributed by atoms with Gasteiger partial charge in [-0.2, -0.15) is 0 Å². The molecule has 2 rings (SSSR count). The molecule has 19 heavy (non-hydrogen) atoms. The van der Waals surface area contributed by atoms with Crippen LogP contribution >= 0.6 is 39.7 Å². The van der Waals surface area contributed by atoms with Crippen molar-refractivity contribution < 1.29 is 8.42 Å². The highest BCUT2D eigenvalue weighted by Gasteiger charge is 2.29. The maximum atomic E-state index is 12.1. The third-order valence-corrected chi connectivity index (χ3v) is 6.70. The first-order chi connectivity index (χ1) is 8.41. The van der Waals surface area contributed by atoms with Crippen molar-refractivity contribution in [3.8, 4) is 0 Å². The van der Waals surface area contributed by atoms with Gasteiger partial charge < -0.3 is 5.32 Å². The smallest absolute Gasteiger partial charge is 0.250 e. The zero-order chi connectivity index (χ0) is 13.2. The Hall–Kier alpha value is 0.340. The average Bonchev–Trinajstić information content (AvgIpc) is 2.76. The van der Waals surface area contributed by atoms with Crippen LogP contribution in [0.2, 0.25) is 0 Å². The minimum absolute atomic E-state index is 0. The van der Waals surface area contributed by atoms with E-state index in [2.05, 4.69) is 32.9 Å². The van der Waals surface area contributed by atoms with Crippen molar-refractivity contribution in [2.45, 2.75) is 24.0 Å². The van der Waals surface area contributed by atoms with E-state index >= 15 is 0 Å². The van der Waals surface area contributed by atoms with Crippen molar-refractivity contribution >= 4 is 49.7 Å². The van der Waals surface area contributed by atoms with E-state index < -0.39 is 10.0 Å². The van der Waals surface area contributed by atoms with Crippen LogP contribution in [0.3, 0.4) is 0 Å². The first-order valence-corrected chi connectivity index (χ1v) is 8.96. The van der Waals surface area contributed by atoms with Gasteiger partial charge in [-0.15, -0.1) is 23.7 Å². The van der Waals surface area contributed by atoms with Gasteiger partial charge in [0.2, 0.25) is 10.0 Å². The molecule has 1 fully saturated rings. The summed E-state index contributed by atoms with van der Waals surface area (Å²) in [6.07, 6.45) is 2.15. The number of hydrogen-bond donors (Lipinski definition) is 2. The van der Waals surface area contributed by atoms with Gasteiger partial charge >= 0.3 is 0 Å². The second-order valence-corrected chi connectivity index (χ2v) is 9.43. The van der Waals surface area contributed by atoms with E-state index in [1.54, 1.807) is 12.1 Å². The third-order valence-electron chi connectivity index (χ3n) is 3.19. The molecule has 1 unspecified atom stereocenters. The Morgan fingerprint density at radius 2 is 2.26 bits per heavy atom. The van der Waals surface area contributed by atoms with Crippen LogP contribution in [0.15, 0.2) is 20.1 Å². The first kappa shape index (κ1) is 17.4. The summed E-state index contributed by atoms with van der Waals surface area (Å²) in [6.45, 7) is 4.49. The molecule has 1 aliphatic heterocycles. The lowest BCUT2D eigenvalue weighted by Crippen LogP contribution is -2.45. The molecule has 1 aromatic heterocycles. The van der Waals surface area contributed by atoms with Gasteiger partial charge in [-0.1, -0.05) is 6.92 Å². The fourth-order valence-electron chi connectivity index (χ4n) is 2.05. The monoisotopic (exact) mass is 388 g/mol. The van der Waals surface area contributed by atoms with E-state index in [-0.39, 0.29) is 17.8 Å². The molecule has 4 nitrogen and oxygen atoms in total. The van der Waals surface area contributed by atoms with Crippen LogP contribution in [0.1, 0.15) is 19.8 Å². The van der Waals surface area contributed by atoms with Crippen molar-refractivity contribution in [1.82, 2.24) is 10.0 Å². The van der Waals surface area contributed by atoms with Crippen molar-refractivity contribution in [2.24, 2.45) is 5.41 Å². The van der Waals surface area contributed by atoms with Gasteiger partial charge in [0, 0.05) is 13.1 Å². The molecule has 0 amide bonds. The number of thiophene rings is 1. The van der Waals surface area contributed by atoms with Gasteiger partial charge in [-0.05, 0) is 52.9 Å². The summed E-state index contributed by atoms with van der Waals surface area (Å²) in [7, 11) is -3.37. The van der Waals surface area contributed by atoms with Gasteiger partial charge in [0.25, 0.3) is 0 Å². The molecule has 0 aromatic carbocycles. The summed E-state index contributed by atoms with van der Waals surface area (Å²) in [5.41, 5.74) is 0.0137. The Morgan fingerprint density at radius 1 is 1.53 bits per heavy atom. The molecular weight excluding hydrogens is 372 g/mol. The van der Waals surface area contributed by atoms with E-state index in [0.29, 0.717) is 10.8 Å². The quantitative estimate of drug-likeness (QED) is 0.832. The highest BCUT2D eigenvalue weighted by atomic mass is 79.9. The molecular formula is C11H18BrClN2O2S2. The van der Waals surface area contributed by atoms with Gasteiger partial charge in [-0.3, -0.25) is 0 Å². The minimum atomic E-state index is -3.37. The highest BCUT2D eigenvalue weighted by molar-refractivity contribution is 9.11. The molecule has 110 valence electrons. The van der Waals surface area contributed by atoms with Crippen LogP contribution in [0, 0.1) is 5.41 Å². The Labute approximate surface area is 133 Å². The Bertz CT molecular complexity index is 513. The maximum absolute atomic E-state index is 12.1. The van der Waals surface area contributed by atoms with Crippen LogP contribution < -0.4 is 10.0 Å². The summed E-state index contributed by atoms with van der Waals surface area (Å²) in [4.78, 5) is 0. The molecule has 1 aromatic rings. The predicted octanol–water partition coefficient (Wildman–Crippen LogP) is 2.60. The lowest BCUT2D eigenvalue weighted by Gasteiger charge is -2.34. The largest absolute Gasteiger partial charge is 0.316 e. The molecule has 0 saturated carbocycles. The maximum Gasteiger partial charge on any atom is 0.250 e. The van der Waals surface area contributed by atoms with E-state index in [1.807, 2.05) is 0 Å². The molecule has 0 bridgehead atoms. The van der Waals surface area contributed by atoms with E-state index in [4.69, 9.17) is 0 Å². The molecule has 1 saturated heterocycles. The molecule has 8 heteroatoms. The second-order valence-electron chi connectivity index (χ2n) is 4.97. The van der Waals surface area contributed by atoms with Crippen molar-refractivity contribution in [3.05, 3.63) is 15.9 Å². The van der Waals surface area contributed by atoms with E-state index in [0.717, 1.165) is 29.7 Å². The van der Waals surface area contributed by atoms with E-state index in [1.165, 1.54) is 11.3 Å². The van der Waals surface area contributed by atoms with Gasteiger partial charge in [-0.25, -0.2) is 13.1 Å². The topological polar surface area (TPSA) is 58.2 Å².